The number of fused-ring (bicyclic) bond motifs is 6. The number of allylic oxidation sites excluding steroid dienone is 2. The number of aromatic nitrogens is 2. The molecule has 2 N–H and O–H groups in total. The number of ketones is 2. The minimum Gasteiger partial charge on any atom is -0.493 e. The number of ether oxygens (including phenoxy) is 6. The van der Waals surface area contributed by atoms with Gasteiger partial charge in [-0.1, -0.05) is 88.4 Å². The van der Waals surface area contributed by atoms with Gasteiger partial charge in [0.1, 0.15) is 11.2 Å². The van der Waals surface area contributed by atoms with Crippen molar-refractivity contribution in [3.8, 4) is 23.0 Å². The Labute approximate surface area is 390 Å². The van der Waals surface area contributed by atoms with Gasteiger partial charge >= 0.3 is 11.9 Å². The molecule has 0 radical (unpaired) electrons. The number of benzene rings is 4. The molecule has 0 spiro atoms. The molecule has 0 bridgehead atoms. The highest BCUT2D eigenvalue weighted by Crippen LogP contribution is 2.44. The summed E-state index contributed by atoms with van der Waals surface area (Å²) in [5.41, 5.74) is 8.32. The number of carbonyl (C=O) groups is 4. The molecule has 67 heavy (non-hydrogen) atoms. The number of hydrogen-bond acceptors (Lipinski definition) is 10. The summed E-state index contributed by atoms with van der Waals surface area (Å²) in [5, 5.41) is 2.33. The van der Waals surface area contributed by atoms with Crippen molar-refractivity contribution in [2.24, 2.45) is 0 Å². The molecule has 0 fully saturated rings. The lowest BCUT2D eigenvalue weighted by Gasteiger charge is -2.36. The Morgan fingerprint density at radius 1 is 0.597 bits per heavy atom. The van der Waals surface area contributed by atoms with Crippen molar-refractivity contribution in [2.45, 2.75) is 96.7 Å². The van der Waals surface area contributed by atoms with Crippen LogP contribution in [0.25, 0.3) is 34.0 Å². The molecule has 2 aliphatic rings. The van der Waals surface area contributed by atoms with Crippen LogP contribution < -0.4 is 18.9 Å². The average Bonchev–Trinajstić information content (AvgIpc) is 3.94. The molecule has 0 saturated carbocycles. The van der Waals surface area contributed by atoms with Crippen LogP contribution in [0, 0.1) is 0 Å². The SMILES string of the molecule is CCc1cccc2c3c([nH]c12)C(CC)(CC(=O)Oc1ccc(/C=C/C(=O)CC(=O)/C=C/c2ccc(OC(=O)CC4(CC)OCCc5c4[nH]c4c(CC)cccc54)c(OC)c2)cc1OC)OCC3. The Hall–Kier alpha value is -6.76. The summed E-state index contributed by atoms with van der Waals surface area (Å²) >= 11 is 0. The molecular formula is C55H58N2O10. The fourth-order valence-electron chi connectivity index (χ4n) is 9.68. The Balaban J connectivity index is 0.862. The third-order valence-corrected chi connectivity index (χ3v) is 13.3. The number of aryl methyl sites for hydroxylation is 2. The van der Waals surface area contributed by atoms with Gasteiger partial charge in [0.2, 0.25) is 0 Å². The lowest BCUT2D eigenvalue weighted by atomic mass is 9.86. The first-order valence-corrected chi connectivity index (χ1v) is 23.2. The number of methoxy groups -OCH3 is 2. The zero-order valence-corrected chi connectivity index (χ0v) is 39.1. The number of hydrogen-bond donors (Lipinski definition) is 2. The molecule has 6 aromatic rings. The highest BCUT2D eigenvalue weighted by Gasteiger charge is 2.43. The van der Waals surface area contributed by atoms with E-state index in [0.29, 0.717) is 48.7 Å². The molecular weight excluding hydrogens is 849 g/mol. The van der Waals surface area contributed by atoms with E-state index in [-0.39, 0.29) is 30.8 Å². The largest absolute Gasteiger partial charge is 0.493 e. The van der Waals surface area contributed by atoms with Crippen molar-refractivity contribution in [3.05, 3.63) is 130 Å². The topological polar surface area (TPSA) is 155 Å². The minimum atomic E-state index is -0.862. The predicted molar refractivity (Wildman–Crippen MR) is 258 cm³/mol. The molecule has 348 valence electrons. The molecule has 4 heterocycles. The first kappa shape index (κ1) is 46.8. The molecule has 0 saturated heterocycles. The first-order chi connectivity index (χ1) is 32.5. The summed E-state index contributed by atoms with van der Waals surface area (Å²) in [7, 11) is 2.95. The highest BCUT2D eigenvalue weighted by molar-refractivity contribution is 6.11. The van der Waals surface area contributed by atoms with Crippen molar-refractivity contribution in [1.29, 1.82) is 0 Å². The molecule has 4 aromatic carbocycles. The molecule has 0 aliphatic carbocycles. The molecule has 0 amide bonds. The average molecular weight is 907 g/mol. The second-order valence-electron chi connectivity index (χ2n) is 17.1. The number of H-pyrrole nitrogens is 2. The van der Waals surface area contributed by atoms with Crippen molar-refractivity contribution in [3.63, 3.8) is 0 Å². The monoisotopic (exact) mass is 906 g/mol. The molecule has 2 unspecified atom stereocenters. The third kappa shape index (κ3) is 9.46. The van der Waals surface area contributed by atoms with Gasteiger partial charge in [0.25, 0.3) is 0 Å². The summed E-state index contributed by atoms with van der Waals surface area (Å²) in [6.45, 7) is 9.27. The van der Waals surface area contributed by atoms with E-state index in [1.54, 1.807) is 48.6 Å². The molecule has 2 aromatic heterocycles. The second-order valence-corrected chi connectivity index (χ2v) is 17.1. The lowest BCUT2D eigenvalue weighted by Crippen LogP contribution is -2.38. The van der Waals surface area contributed by atoms with Crippen molar-refractivity contribution < 1.29 is 47.6 Å². The Morgan fingerprint density at radius 3 is 1.42 bits per heavy atom. The maximum atomic E-state index is 13.5. The van der Waals surface area contributed by atoms with Crippen LogP contribution in [0.1, 0.15) is 105 Å². The molecule has 2 aliphatic heterocycles. The van der Waals surface area contributed by atoms with Gasteiger partial charge < -0.3 is 38.4 Å². The maximum Gasteiger partial charge on any atom is 0.314 e. The zero-order valence-electron chi connectivity index (χ0n) is 39.1. The number of para-hydroxylation sites is 2. The van der Waals surface area contributed by atoms with Crippen LogP contribution in [0.15, 0.2) is 84.9 Å². The van der Waals surface area contributed by atoms with Crippen LogP contribution in [0.4, 0.5) is 0 Å². The van der Waals surface area contributed by atoms with Crippen molar-refractivity contribution >= 4 is 57.5 Å². The number of nitrogens with one attached hydrogen (secondary N) is 2. The summed E-state index contributed by atoms with van der Waals surface area (Å²) in [4.78, 5) is 60.1. The highest BCUT2D eigenvalue weighted by atomic mass is 16.6. The van der Waals surface area contributed by atoms with Crippen LogP contribution >= 0.6 is 0 Å². The molecule has 2 atom stereocenters. The van der Waals surface area contributed by atoms with Gasteiger partial charge in [0.05, 0.1) is 58.1 Å². The summed E-state index contributed by atoms with van der Waals surface area (Å²) in [5.74, 6) is -0.644. The van der Waals surface area contributed by atoms with Gasteiger partial charge in [-0.2, -0.15) is 0 Å². The quantitative estimate of drug-likeness (QED) is 0.0368. The fraction of sp³-hybridized carbons (Fsp3) is 0.345. The zero-order chi connectivity index (χ0) is 47.3. The fourth-order valence-corrected chi connectivity index (χ4v) is 9.68. The van der Waals surface area contributed by atoms with Gasteiger partial charge in [-0.05, 0) is 108 Å². The van der Waals surface area contributed by atoms with Crippen LogP contribution in [-0.2, 0) is 65.5 Å². The van der Waals surface area contributed by atoms with Crippen LogP contribution in [-0.4, -0.2) is 60.9 Å². The lowest BCUT2D eigenvalue weighted by molar-refractivity contribution is -0.147. The van der Waals surface area contributed by atoms with Gasteiger partial charge in [-0.3, -0.25) is 19.2 Å². The number of esters is 2. The Bertz CT molecular complexity index is 2720. The summed E-state index contributed by atoms with van der Waals surface area (Å²) in [6.07, 6.45) is 9.89. The summed E-state index contributed by atoms with van der Waals surface area (Å²) < 4.78 is 35.6. The standard InChI is InChI=1S/C55H58N2O10/c1-7-36-13-11-15-40-42-25-27-64-54(9-3,52(42)56-50(36)40)32-48(60)66-44-23-19-34(29-46(44)62-5)17-21-38(58)31-39(59)22-18-35-20-24-45(47(30-35)63-6)67-49(61)33-55(10-4)53-43(26-28-65-55)41-16-12-14-37(8-2)51(41)57-53/h11-24,29-30,56-57H,7-10,25-28,31-33H2,1-6H3/b21-17+,22-18+. The third-order valence-electron chi connectivity index (χ3n) is 13.3. The van der Waals surface area contributed by atoms with Crippen molar-refractivity contribution in [2.75, 3.05) is 27.4 Å². The number of rotatable bonds is 18. The van der Waals surface area contributed by atoms with E-state index in [0.717, 1.165) is 48.1 Å². The van der Waals surface area contributed by atoms with E-state index in [1.807, 2.05) is 13.8 Å². The van der Waals surface area contributed by atoms with E-state index in [2.05, 4.69) is 60.2 Å². The van der Waals surface area contributed by atoms with Crippen molar-refractivity contribution in [1.82, 2.24) is 9.97 Å². The Morgan fingerprint density at radius 2 is 1.03 bits per heavy atom. The molecule has 12 nitrogen and oxygen atoms in total. The van der Waals surface area contributed by atoms with E-state index < -0.39 is 34.7 Å². The maximum absolute atomic E-state index is 13.5. The molecule has 12 heteroatoms. The smallest absolute Gasteiger partial charge is 0.314 e. The van der Waals surface area contributed by atoms with Crippen LogP contribution in [0.5, 0.6) is 23.0 Å². The van der Waals surface area contributed by atoms with Gasteiger partial charge in [-0.25, -0.2) is 0 Å². The van der Waals surface area contributed by atoms with Gasteiger partial charge in [-0.15, -0.1) is 0 Å². The number of carbonyl (C=O) groups excluding carboxylic acids is 4. The summed E-state index contributed by atoms with van der Waals surface area (Å²) in [6, 6.07) is 22.6. The van der Waals surface area contributed by atoms with Crippen LogP contribution in [0.2, 0.25) is 0 Å². The van der Waals surface area contributed by atoms with E-state index >= 15 is 0 Å². The van der Waals surface area contributed by atoms with E-state index in [4.69, 9.17) is 28.4 Å². The predicted octanol–water partition coefficient (Wildman–Crippen LogP) is 10.4. The van der Waals surface area contributed by atoms with Gasteiger partial charge in [0, 0.05) is 21.8 Å². The van der Waals surface area contributed by atoms with E-state index in [9.17, 15) is 19.2 Å². The Kier molecular flexibility index (Phi) is 14.0. The second kappa shape index (κ2) is 20.0. The van der Waals surface area contributed by atoms with Gasteiger partial charge in [0.15, 0.2) is 34.6 Å². The molecule has 8 rings (SSSR count). The first-order valence-electron chi connectivity index (χ1n) is 23.2. The minimum absolute atomic E-state index is 0.00472. The normalized spacial score (nSPS) is 18.0. The van der Waals surface area contributed by atoms with E-state index in [1.165, 1.54) is 59.4 Å². The number of aromatic amines is 2. The van der Waals surface area contributed by atoms with Crippen LogP contribution in [0.3, 0.4) is 0 Å².